The molecular weight excluding hydrogens is 315 g/mol. The maximum Gasteiger partial charge on any atom is 0.341 e. The molecule has 0 radical (unpaired) electrons. The van der Waals surface area contributed by atoms with Gasteiger partial charge in [0.25, 0.3) is 0 Å². The minimum atomic E-state index is -1.08. The van der Waals surface area contributed by atoms with Crippen molar-refractivity contribution in [1.29, 1.82) is 0 Å². The summed E-state index contributed by atoms with van der Waals surface area (Å²) in [7, 11) is 0. The van der Waals surface area contributed by atoms with Crippen molar-refractivity contribution < 1.29 is 19.4 Å². The van der Waals surface area contributed by atoms with E-state index >= 15 is 0 Å². The first-order chi connectivity index (χ1) is 9.97. The largest absolute Gasteiger partial charge is 0.480 e. The molecule has 1 atom stereocenters. The highest BCUT2D eigenvalue weighted by atomic mass is 35.5. The van der Waals surface area contributed by atoms with Crippen LogP contribution >= 0.6 is 23.2 Å². The molecule has 21 heavy (non-hydrogen) atoms. The number of aliphatic carboxylic acids is 1. The van der Waals surface area contributed by atoms with E-state index in [0.717, 1.165) is 29.5 Å². The Morgan fingerprint density at radius 2 is 2.14 bits per heavy atom. The van der Waals surface area contributed by atoms with Crippen LogP contribution in [0.15, 0.2) is 12.1 Å². The van der Waals surface area contributed by atoms with Gasteiger partial charge >= 0.3 is 5.97 Å². The zero-order valence-corrected chi connectivity index (χ0v) is 12.5. The van der Waals surface area contributed by atoms with Crippen LogP contribution in [0, 0.1) is 5.92 Å². The third kappa shape index (κ3) is 2.54. The van der Waals surface area contributed by atoms with Crippen molar-refractivity contribution in [1.82, 2.24) is 0 Å². The summed E-state index contributed by atoms with van der Waals surface area (Å²) < 4.78 is 5.18. The van der Waals surface area contributed by atoms with Crippen molar-refractivity contribution in [3.8, 4) is 5.75 Å². The van der Waals surface area contributed by atoms with Crippen LogP contribution in [0.25, 0.3) is 5.57 Å². The molecule has 1 aromatic rings. The lowest BCUT2D eigenvalue weighted by Crippen LogP contribution is -2.10. The van der Waals surface area contributed by atoms with Crippen LogP contribution in [0.1, 0.15) is 24.0 Å². The van der Waals surface area contributed by atoms with E-state index in [9.17, 15) is 9.59 Å². The summed E-state index contributed by atoms with van der Waals surface area (Å²) in [4.78, 5) is 22.2. The molecule has 0 heterocycles. The second-order valence-corrected chi connectivity index (χ2v) is 5.98. The predicted octanol–water partition coefficient (Wildman–Crippen LogP) is 3.38. The normalized spacial score (nSPS) is 19.8. The zero-order chi connectivity index (χ0) is 15.1. The van der Waals surface area contributed by atoms with E-state index < -0.39 is 12.6 Å². The number of carboxylic acid groups (broad SMARTS) is 1. The van der Waals surface area contributed by atoms with Crippen LogP contribution in [-0.4, -0.2) is 23.5 Å². The van der Waals surface area contributed by atoms with Crippen molar-refractivity contribution in [3.63, 3.8) is 0 Å². The third-order valence-corrected chi connectivity index (χ3v) is 4.71. The quantitative estimate of drug-likeness (QED) is 0.924. The number of ketones is 1. The zero-order valence-electron chi connectivity index (χ0n) is 11.0. The van der Waals surface area contributed by atoms with E-state index in [0.29, 0.717) is 11.4 Å². The highest BCUT2D eigenvalue weighted by molar-refractivity contribution is 6.44. The van der Waals surface area contributed by atoms with E-state index in [2.05, 4.69) is 0 Å². The first kappa shape index (κ1) is 14.4. The molecular formula is C15H12Cl2O4. The SMILES string of the molecule is O=C(O)COc1cc2c(c(Cl)c1Cl)C1=CC(=O)CCC1C2. The molecule has 0 fully saturated rings. The smallest absolute Gasteiger partial charge is 0.341 e. The van der Waals surface area contributed by atoms with Gasteiger partial charge in [-0.1, -0.05) is 23.2 Å². The summed E-state index contributed by atoms with van der Waals surface area (Å²) >= 11 is 12.5. The van der Waals surface area contributed by atoms with Gasteiger partial charge in [0.1, 0.15) is 10.8 Å². The lowest BCUT2D eigenvalue weighted by atomic mass is 9.88. The highest BCUT2D eigenvalue weighted by Crippen LogP contribution is 2.49. The molecule has 0 bridgehead atoms. The first-order valence-electron chi connectivity index (χ1n) is 6.57. The van der Waals surface area contributed by atoms with Gasteiger partial charge in [0.05, 0.1) is 5.02 Å². The number of fused-ring (bicyclic) bond motifs is 3. The van der Waals surface area contributed by atoms with Crippen molar-refractivity contribution in [3.05, 3.63) is 33.3 Å². The lowest BCUT2D eigenvalue weighted by molar-refractivity contribution is -0.139. The molecule has 0 saturated carbocycles. The van der Waals surface area contributed by atoms with Crippen molar-refractivity contribution >= 4 is 40.5 Å². The van der Waals surface area contributed by atoms with Crippen LogP contribution in [0.2, 0.25) is 10.0 Å². The number of carbonyl (C=O) groups is 2. The minimum Gasteiger partial charge on any atom is -0.480 e. The summed E-state index contributed by atoms with van der Waals surface area (Å²) in [6, 6.07) is 1.73. The van der Waals surface area contributed by atoms with Crippen LogP contribution in [0.3, 0.4) is 0 Å². The van der Waals surface area contributed by atoms with Gasteiger partial charge in [-0.2, -0.15) is 0 Å². The number of carboxylic acids is 1. The number of ether oxygens (including phenoxy) is 1. The van der Waals surface area contributed by atoms with E-state index in [1.807, 2.05) is 0 Å². The third-order valence-electron chi connectivity index (χ3n) is 3.86. The average molecular weight is 327 g/mol. The Labute approximate surface area is 131 Å². The topological polar surface area (TPSA) is 63.6 Å². The molecule has 1 aromatic carbocycles. The number of hydrogen-bond acceptors (Lipinski definition) is 3. The van der Waals surface area contributed by atoms with E-state index in [-0.39, 0.29) is 22.5 Å². The predicted molar refractivity (Wildman–Crippen MR) is 79.0 cm³/mol. The van der Waals surface area contributed by atoms with Crippen molar-refractivity contribution in [2.24, 2.45) is 5.92 Å². The molecule has 0 saturated heterocycles. The van der Waals surface area contributed by atoms with Crippen LogP contribution in [-0.2, 0) is 16.0 Å². The molecule has 1 unspecified atom stereocenters. The number of allylic oxidation sites excluding steroid dienone is 2. The number of hydrogen-bond donors (Lipinski definition) is 1. The maximum absolute atomic E-state index is 11.6. The molecule has 4 nitrogen and oxygen atoms in total. The van der Waals surface area contributed by atoms with Gasteiger partial charge in [-0.3, -0.25) is 4.79 Å². The summed E-state index contributed by atoms with van der Waals surface area (Å²) in [5, 5.41) is 9.20. The monoisotopic (exact) mass is 326 g/mol. The molecule has 0 spiro atoms. The van der Waals surface area contributed by atoms with Crippen LogP contribution in [0.5, 0.6) is 5.75 Å². The second kappa shape index (κ2) is 5.35. The van der Waals surface area contributed by atoms with Gasteiger partial charge in [0.2, 0.25) is 0 Å². The van der Waals surface area contributed by atoms with Crippen LogP contribution in [0.4, 0.5) is 0 Å². The number of carbonyl (C=O) groups excluding carboxylic acids is 1. The molecule has 2 aliphatic rings. The summed E-state index contributed by atoms with van der Waals surface area (Å²) in [5.74, 6) is -0.425. The summed E-state index contributed by atoms with van der Waals surface area (Å²) in [6.45, 7) is -0.473. The molecule has 110 valence electrons. The molecule has 0 amide bonds. The van der Waals surface area contributed by atoms with Crippen molar-refractivity contribution in [2.75, 3.05) is 6.61 Å². The molecule has 1 N–H and O–H groups in total. The molecule has 0 aromatic heterocycles. The Kier molecular flexibility index (Phi) is 3.68. The van der Waals surface area contributed by atoms with Gasteiger partial charge in [-0.05, 0) is 42.0 Å². The maximum atomic E-state index is 11.6. The Hall–Kier alpha value is -1.52. The Bertz CT molecular complexity index is 679. The van der Waals surface area contributed by atoms with Gasteiger partial charge in [0, 0.05) is 12.0 Å². The minimum absolute atomic E-state index is 0.104. The Morgan fingerprint density at radius 3 is 2.86 bits per heavy atom. The van der Waals surface area contributed by atoms with E-state index in [4.69, 9.17) is 33.0 Å². The lowest BCUT2D eigenvalue weighted by Gasteiger charge is -2.17. The summed E-state index contributed by atoms with van der Waals surface area (Å²) in [5.41, 5.74) is 2.70. The fourth-order valence-corrected chi connectivity index (χ4v) is 3.49. The average Bonchev–Trinajstić information content (AvgIpc) is 2.78. The molecule has 0 aliphatic heterocycles. The van der Waals surface area contributed by atoms with Crippen molar-refractivity contribution in [2.45, 2.75) is 19.3 Å². The Morgan fingerprint density at radius 1 is 1.38 bits per heavy atom. The first-order valence-corrected chi connectivity index (χ1v) is 7.33. The molecule has 2 aliphatic carbocycles. The van der Waals surface area contributed by atoms with E-state index in [1.165, 1.54) is 0 Å². The standard InChI is InChI=1S/C15H12Cl2O4/c16-14-11(21-6-12(19)20)4-8-3-7-1-2-9(18)5-10(7)13(8)15(14)17/h4-5,7H,1-3,6H2,(H,19,20). The van der Waals surface area contributed by atoms with Gasteiger partial charge in [0.15, 0.2) is 12.4 Å². The van der Waals surface area contributed by atoms with Crippen LogP contribution < -0.4 is 4.74 Å². The molecule has 6 heteroatoms. The number of benzene rings is 1. The second-order valence-electron chi connectivity index (χ2n) is 5.22. The van der Waals surface area contributed by atoms with Gasteiger partial charge in [-0.25, -0.2) is 4.79 Å². The van der Waals surface area contributed by atoms with Gasteiger partial charge in [-0.15, -0.1) is 0 Å². The highest BCUT2D eigenvalue weighted by Gasteiger charge is 2.34. The van der Waals surface area contributed by atoms with Gasteiger partial charge < -0.3 is 9.84 Å². The molecule has 3 rings (SSSR count). The number of rotatable bonds is 3. The summed E-state index contributed by atoms with van der Waals surface area (Å²) in [6.07, 6.45) is 3.78. The Balaban J connectivity index is 2.04. The fraction of sp³-hybridized carbons (Fsp3) is 0.333. The fourth-order valence-electron chi connectivity index (χ4n) is 2.96. The van der Waals surface area contributed by atoms with E-state index in [1.54, 1.807) is 12.1 Å². The number of halogens is 2.